The van der Waals surface area contributed by atoms with Crippen LogP contribution >= 0.6 is 0 Å². The molecular formula is C15H21NO2. The van der Waals surface area contributed by atoms with Gasteiger partial charge in [-0.2, -0.15) is 0 Å². The van der Waals surface area contributed by atoms with E-state index in [1.165, 1.54) is 6.42 Å². The fraction of sp³-hybridized carbons (Fsp3) is 0.533. The van der Waals surface area contributed by atoms with Gasteiger partial charge in [0.05, 0.1) is 13.7 Å². The summed E-state index contributed by atoms with van der Waals surface area (Å²) in [4.78, 5) is 14.4. The van der Waals surface area contributed by atoms with Crippen molar-refractivity contribution in [2.24, 2.45) is 5.92 Å². The number of likely N-dealkylation sites (tertiary alicyclic amines) is 1. The third kappa shape index (κ3) is 2.91. The third-order valence-corrected chi connectivity index (χ3v) is 3.67. The van der Waals surface area contributed by atoms with Crippen molar-refractivity contribution in [1.29, 1.82) is 0 Å². The van der Waals surface area contributed by atoms with E-state index in [4.69, 9.17) is 4.74 Å². The Kier molecular flexibility index (Phi) is 4.02. The molecule has 0 radical (unpaired) electrons. The molecule has 18 heavy (non-hydrogen) atoms. The number of rotatable bonds is 4. The molecule has 2 atom stereocenters. The van der Waals surface area contributed by atoms with Gasteiger partial charge in [-0.15, -0.1) is 0 Å². The van der Waals surface area contributed by atoms with Gasteiger partial charge in [-0.05, 0) is 43.5 Å². The number of ketones is 1. The number of nitrogens with zero attached hydrogens (tertiary/aromatic N) is 1. The van der Waals surface area contributed by atoms with Gasteiger partial charge in [0.1, 0.15) is 5.75 Å². The molecule has 1 aliphatic rings. The first kappa shape index (κ1) is 13.1. The highest BCUT2D eigenvalue weighted by atomic mass is 16.5. The van der Waals surface area contributed by atoms with Crippen LogP contribution in [-0.2, 0) is 0 Å². The number of hydrogen-bond donors (Lipinski definition) is 0. The molecule has 3 nitrogen and oxygen atoms in total. The molecular weight excluding hydrogens is 226 g/mol. The fourth-order valence-electron chi connectivity index (χ4n) is 2.66. The standard InChI is InChI=1S/C15H21NO2/c1-11-8-12(2)16(9-11)10-15(17)13-4-6-14(18-3)7-5-13/h4-7,11-12H,8-10H2,1-3H3. The van der Waals surface area contributed by atoms with Gasteiger partial charge in [0, 0.05) is 18.2 Å². The molecule has 98 valence electrons. The maximum atomic E-state index is 12.2. The lowest BCUT2D eigenvalue weighted by atomic mass is 10.1. The third-order valence-electron chi connectivity index (χ3n) is 3.67. The van der Waals surface area contributed by atoms with Gasteiger partial charge in [0.2, 0.25) is 0 Å². The average molecular weight is 247 g/mol. The molecule has 2 unspecified atom stereocenters. The van der Waals surface area contributed by atoms with E-state index in [1.807, 2.05) is 24.3 Å². The first-order valence-corrected chi connectivity index (χ1v) is 6.51. The van der Waals surface area contributed by atoms with E-state index in [-0.39, 0.29) is 5.78 Å². The van der Waals surface area contributed by atoms with Crippen LogP contribution in [0.5, 0.6) is 5.75 Å². The Balaban J connectivity index is 1.98. The smallest absolute Gasteiger partial charge is 0.176 e. The quantitative estimate of drug-likeness (QED) is 0.766. The first-order valence-electron chi connectivity index (χ1n) is 6.51. The second-order valence-corrected chi connectivity index (χ2v) is 5.27. The van der Waals surface area contributed by atoms with Crippen molar-refractivity contribution in [3.8, 4) is 5.75 Å². The summed E-state index contributed by atoms with van der Waals surface area (Å²) >= 11 is 0. The lowest BCUT2D eigenvalue weighted by Crippen LogP contribution is -2.32. The molecule has 1 aromatic rings. The lowest BCUT2D eigenvalue weighted by molar-refractivity contribution is 0.0925. The molecule has 0 aromatic heterocycles. The highest BCUT2D eigenvalue weighted by Gasteiger charge is 2.27. The molecule has 0 bridgehead atoms. The van der Waals surface area contributed by atoms with Crippen LogP contribution in [0.25, 0.3) is 0 Å². The Labute approximate surface area is 109 Å². The zero-order valence-electron chi connectivity index (χ0n) is 11.3. The molecule has 0 N–H and O–H groups in total. The van der Waals surface area contributed by atoms with Crippen molar-refractivity contribution in [1.82, 2.24) is 4.90 Å². The maximum Gasteiger partial charge on any atom is 0.176 e. The van der Waals surface area contributed by atoms with Gasteiger partial charge in [-0.1, -0.05) is 6.92 Å². The normalized spacial score (nSPS) is 24.2. The largest absolute Gasteiger partial charge is 0.497 e. The maximum absolute atomic E-state index is 12.2. The van der Waals surface area contributed by atoms with Crippen molar-refractivity contribution in [3.05, 3.63) is 29.8 Å². The average Bonchev–Trinajstić information content (AvgIpc) is 2.68. The Morgan fingerprint density at radius 3 is 2.50 bits per heavy atom. The Hall–Kier alpha value is -1.35. The monoisotopic (exact) mass is 247 g/mol. The van der Waals surface area contributed by atoms with Crippen molar-refractivity contribution in [2.45, 2.75) is 26.3 Å². The molecule has 1 fully saturated rings. The molecule has 0 aliphatic carbocycles. The van der Waals surface area contributed by atoms with Crippen molar-refractivity contribution in [3.63, 3.8) is 0 Å². The predicted octanol–water partition coefficient (Wildman–Crippen LogP) is 2.61. The van der Waals surface area contributed by atoms with Gasteiger partial charge in [-0.3, -0.25) is 9.69 Å². The number of Topliss-reactive ketones (excluding diaryl/α,β-unsaturated/α-hetero) is 1. The molecule has 3 heteroatoms. The summed E-state index contributed by atoms with van der Waals surface area (Å²) in [5, 5.41) is 0. The van der Waals surface area contributed by atoms with E-state index >= 15 is 0 Å². The van der Waals surface area contributed by atoms with Crippen LogP contribution < -0.4 is 4.74 Å². The molecule has 2 rings (SSSR count). The number of carbonyl (C=O) groups excluding carboxylic acids is 1. The highest BCUT2D eigenvalue weighted by Crippen LogP contribution is 2.22. The molecule has 0 amide bonds. The number of ether oxygens (including phenoxy) is 1. The summed E-state index contributed by atoms with van der Waals surface area (Å²) in [5.74, 6) is 1.68. The molecule has 0 saturated carbocycles. The van der Waals surface area contributed by atoms with E-state index in [0.717, 1.165) is 17.9 Å². The van der Waals surface area contributed by atoms with E-state index in [1.54, 1.807) is 7.11 Å². The lowest BCUT2D eigenvalue weighted by Gasteiger charge is -2.19. The Morgan fingerprint density at radius 1 is 1.33 bits per heavy atom. The topological polar surface area (TPSA) is 29.5 Å². The van der Waals surface area contributed by atoms with Gasteiger partial charge in [0.25, 0.3) is 0 Å². The summed E-state index contributed by atoms with van der Waals surface area (Å²) in [7, 11) is 1.63. The predicted molar refractivity (Wildman–Crippen MR) is 72.1 cm³/mol. The van der Waals surface area contributed by atoms with Crippen LogP contribution in [0.4, 0.5) is 0 Å². The van der Waals surface area contributed by atoms with Crippen molar-refractivity contribution < 1.29 is 9.53 Å². The van der Waals surface area contributed by atoms with E-state index in [2.05, 4.69) is 18.7 Å². The molecule has 1 saturated heterocycles. The molecule has 0 spiro atoms. The number of methoxy groups -OCH3 is 1. The second kappa shape index (κ2) is 5.53. The minimum atomic E-state index is 0.193. The molecule has 1 heterocycles. The van der Waals surface area contributed by atoms with Crippen molar-refractivity contribution in [2.75, 3.05) is 20.2 Å². The van der Waals surface area contributed by atoms with Crippen molar-refractivity contribution >= 4 is 5.78 Å². The second-order valence-electron chi connectivity index (χ2n) is 5.27. The van der Waals surface area contributed by atoms with Crippen LogP contribution in [-0.4, -0.2) is 36.9 Å². The summed E-state index contributed by atoms with van der Waals surface area (Å²) in [6, 6.07) is 7.87. The SMILES string of the molecule is COc1ccc(C(=O)CN2CC(C)CC2C)cc1. The number of benzene rings is 1. The van der Waals surface area contributed by atoms with E-state index in [9.17, 15) is 4.79 Å². The minimum absolute atomic E-state index is 0.193. The summed E-state index contributed by atoms with van der Waals surface area (Å²) in [6.07, 6.45) is 1.19. The van der Waals surface area contributed by atoms with Crippen LogP contribution in [0.1, 0.15) is 30.6 Å². The Morgan fingerprint density at radius 2 is 2.00 bits per heavy atom. The van der Waals surface area contributed by atoms with E-state index in [0.29, 0.717) is 18.5 Å². The summed E-state index contributed by atoms with van der Waals surface area (Å²) in [6.45, 7) is 6.00. The van der Waals surface area contributed by atoms with Crippen LogP contribution in [0.3, 0.4) is 0 Å². The number of carbonyl (C=O) groups is 1. The number of hydrogen-bond acceptors (Lipinski definition) is 3. The fourth-order valence-corrected chi connectivity index (χ4v) is 2.66. The van der Waals surface area contributed by atoms with E-state index < -0.39 is 0 Å². The van der Waals surface area contributed by atoms with Gasteiger partial charge in [-0.25, -0.2) is 0 Å². The summed E-state index contributed by atoms with van der Waals surface area (Å²) < 4.78 is 5.09. The minimum Gasteiger partial charge on any atom is -0.497 e. The zero-order chi connectivity index (χ0) is 13.1. The van der Waals surface area contributed by atoms with Crippen LogP contribution in [0.2, 0.25) is 0 Å². The van der Waals surface area contributed by atoms with Gasteiger partial charge >= 0.3 is 0 Å². The zero-order valence-corrected chi connectivity index (χ0v) is 11.3. The Bertz CT molecular complexity index is 413. The molecule has 1 aromatic carbocycles. The van der Waals surface area contributed by atoms with Crippen LogP contribution in [0, 0.1) is 5.92 Å². The first-order chi connectivity index (χ1) is 8.60. The van der Waals surface area contributed by atoms with Gasteiger partial charge in [0.15, 0.2) is 5.78 Å². The van der Waals surface area contributed by atoms with Crippen LogP contribution in [0.15, 0.2) is 24.3 Å². The highest BCUT2D eigenvalue weighted by molar-refractivity contribution is 5.97. The summed E-state index contributed by atoms with van der Waals surface area (Å²) in [5.41, 5.74) is 0.766. The molecule has 1 aliphatic heterocycles. The van der Waals surface area contributed by atoms with Gasteiger partial charge < -0.3 is 4.74 Å².